The van der Waals surface area contributed by atoms with Crippen LogP contribution in [0.4, 0.5) is 17.5 Å². The van der Waals surface area contributed by atoms with Crippen LogP contribution in [0.15, 0.2) is 49.1 Å². The molecule has 3 aromatic rings. The Morgan fingerprint density at radius 2 is 1.67 bits per heavy atom. The van der Waals surface area contributed by atoms with E-state index < -0.39 is 0 Å². The number of pyridine rings is 2. The molecule has 0 bridgehead atoms. The molecule has 5 rings (SSSR count). The standard InChI is InChI=1S/C21H22N6/c1-2-12-26(13-3-1)21-24-19(16-5-4-9-23-15-16)18-8-14-27(20(18)25-21)17-6-10-22-11-7-17/h4-7,9-11,15H,1-3,8,12-14H2. The van der Waals surface area contributed by atoms with E-state index in [1.807, 2.05) is 36.8 Å². The molecule has 0 amide bonds. The summed E-state index contributed by atoms with van der Waals surface area (Å²) in [7, 11) is 0. The smallest absolute Gasteiger partial charge is 0.227 e. The molecular formula is C21H22N6. The summed E-state index contributed by atoms with van der Waals surface area (Å²) in [6, 6.07) is 8.15. The molecule has 1 fully saturated rings. The van der Waals surface area contributed by atoms with Crippen molar-refractivity contribution < 1.29 is 0 Å². The van der Waals surface area contributed by atoms with Gasteiger partial charge in [0.05, 0.1) is 5.69 Å². The molecule has 0 unspecified atom stereocenters. The quantitative estimate of drug-likeness (QED) is 0.713. The predicted molar refractivity (Wildman–Crippen MR) is 106 cm³/mol. The van der Waals surface area contributed by atoms with E-state index >= 15 is 0 Å². The average Bonchev–Trinajstić information content (AvgIpc) is 3.19. The van der Waals surface area contributed by atoms with Crippen LogP contribution in [-0.2, 0) is 6.42 Å². The molecule has 1 saturated heterocycles. The van der Waals surface area contributed by atoms with Gasteiger partial charge in [-0.15, -0.1) is 0 Å². The van der Waals surface area contributed by atoms with Gasteiger partial charge in [0.2, 0.25) is 5.95 Å². The lowest BCUT2D eigenvalue weighted by Crippen LogP contribution is -2.31. The van der Waals surface area contributed by atoms with Gasteiger partial charge >= 0.3 is 0 Å². The van der Waals surface area contributed by atoms with Gasteiger partial charge in [-0.1, -0.05) is 0 Å². The molecule has 0 N–H and O–H groups in total. The summed E-state index contributed by atoms with van der Waals surface area (Å²) in [6.45, 7) is 2.96. The molecule has 0 spiro atoms. The summed E-state index contributed by atoms with van der Waals surface area (Å²) in [6.07, 6.45) is 12.0. The Kier molecular flexibility index (Phi) is 4.16. The second-order valence-electron chi connectivity index (χ2n) is 7.07. The van der Waals surface area contributed by atoms with Crippen LogP contribution in [0.5, 0.6) is 0 Å². The van der Waals surface area contributed by atoms with Crippen molar-refractivity contribution in [1.82, 2.24) is 19.9 Å². The maximum atomic E-state index is 5.02. The van der Waals surface area contributed by atoms with Gasteiger partial charge in [0, 0.05) is 61.2 Å². The molecule has 3 aromatic heterocycles. The molecule has 2 aliphatic heterocycles. The average molecular weight is 358 g/mol. The molecule has 0 saturated carbocycles. The summed E-state index contributed by atoms with van der Waals surface area (Å²) in [5.74, 6) is 1.86. The lowest BCUT2D eigenvalue weighted by Gasteiger charge is -2.28. The van der Waals surface area contributed by atoms with Crippen molar-refractivity contribution in [3.8, 4) is 11.3 Å². The van der Waals surface area contributed by atoms with Crippen LogP contribution < -0.4 is 9.80 Å². The molecule has 5 heterocycles. The summed E-state index contributed by atoms with van der Waals surface area (Å²) in [5, 5.41) is 0. The van der Waals surface area contributed by atoms with Crippen LogP contribution in [0.2, 0.25) is 0 Å². The summed E-state index contributed by atoms with van der Waals surface area (Å²) in [5.41, 5.74) is 4.42. The predicted octanol–water partition coefficient (Wildman–Crippen LogP) is 3.62. The van der Waals surface area contributed by atoms with Gasteiger partial charge < -0.3 is 9.80 Å². The minimum Gasteiger partial charge on any atom is -0.341 e. The third kappa shape index (κ3) is 3.01. The molecule has 0 atom stereocenters. The fourth-order valence-corrected chi connectivity index (χ4v) is 4.00. The number of hydrogen-bond donors (Lipinski definition) is 0. The largest absolute Gasteiger partial charge is 0.341 e. The zero-order valence-electron chi connectivity index (χ0n) is 15.3. The number of fused-ring (bicyclic) bond motifs is 1. The minimum atomic E-state index is 0.841. The Hall–Kier alpha value is -3.02. The van der Waals surface area contributed by atoms with Crippen LogP contribution >= 0.6 is 0 Å². The number of aromatic nitrogens is 4. The van der Waals surface area contributed by atoms with E-state index in [0.29, 0.717) is 0 Å². The molecule has 0 aromatic carbocycles. The highest BCUT2D eigenvalue weighted by Crippen LogP contribution is 2.39. The van der Waals surface area contributed by atoms with Gasteiger partial charge in [-0.3, -0.25) is 9.97 Å². The number of rotatable bonds is 3. The van der Waals surface area contributed by atoms with Crippen LogP contribution in [0.25, 0.3) is 11.3 Å². The highest BCUT2D eigenvalue weighted by atomic mass is 15.3. The van der Waals surface area contributed by atoms with Gasteiger partial charge in [0.15, 0.2) is 0 Å². The third-order valence-electron chi connectivity index (χ3n) is 5.36. The van der Waals surface area contributed by atoms with Crippen molar-refractivity contribution in [3.63, 3.8) is 0 Å². The van der Waals surface area contributed by atoms with E-state index in [2.05, 4.69) is 25.8 Å². The Morgan fingerprint density at radius 3 is 2.44 bits per heavy atom. The second kappa shape index (κ2) is 6.95. The van der Waals surface area contributed by atoms with E-state index in [1.54, 1.807) is 6.20 Å². The first-order valence-electron chi connectivity index (χ1n) is 9.64. The molecule has 27 heavy (non-hydrogen) atoms. The van der Waals surface area contributed by atoms with E-state index in [9.17, 15) is 0 Å². The van der Waals surface area contributed by atoms with Crippen molar-refractivity contribution in [1.29, 1.82) is 0 Å². The highest BCUT2D eigenvalue weighted by Gasteiger charge is 2.28. The SMILES string of the molecule is c1cncc(-c2nc(N3CCCCC3)nc3c2CCN3c2ccncc2)c1. The minimum absolute atomic E-state index is 0.841. The normalized spacial score (nSPS) is 16.4. The van der Waals surface area contributed by atoms with Gasteiger partial charge in [0.25, 0.3) is 0 Å². The maximum Gasteiger partial charge on any atom is 0.227 e. The molecule has 136 valence electrons. The fraction of sp³-hybridized carbons (Fsp3) is 0.333. The molecule has 0 aliphatic carbocycles. The fourth-order valence-electron chi connectivity index (χ4n) is 4.00. The van der Waals surface area contributed by atoms with Gasteiger partial charge in [0.1, 0.15) is 5.82 Å². The molecule has 6 nitrogen and oxygen atoms in total. The second-order valence-corrected chi connectivity index (χ2v) is 7.07. The Bertz CT molecular complexity index is 922. The number of hydrogen-bond acceptors (Lipinski definition) is 6. The summed E-state index contributed by atoms with van der Waals surface area (Å²) < 4.78 is 0. The van der Waals surface area contributed by atoms with E-state index in [1.165, 1.54) is 24.8 Å². The third-order valence-corrected chi connectivity index (χ3v) is 5.36. The van der Waals surface area contributed by atoms with Crippen LogP contribution in [0.1, 0.15) is 24.8 Å². The van der Waals surface area contributed by atoms with E-state index in [4.69, 9.17) is 9.97 Å². The first kappa shape index (κ1) is 16.2. The van der Waals surface area contributed by atoms with E-state index in [-0.39, 0.29) is 0 Å². The maximum absolute atomic E-state index is 5.02. The number of piperidine rings is 1. The first-order valence-corrected chi connectivity index (χ1v) is 9.64. The Morgan fingerprint density at radius 1 is 0.815 bits per heavy atom. The van der Waals surface area contributed by atoms with Crippen molar-refractivity contribution in [2.45, 2.75) is 25.7 Å². The van der Waals surface area contributed by atoms with Crippen LogP contribution in [0, 0.1) is 0 Å². The topological polar surface area (TPSA) is 58.0 Å². The summed E-state index contributed by atoms with van der Waals surface area (Å²) in [4.78, 5) is 23.1. The lowest BCUT2D eigenvalue weighted by molar-refractivity contribution is 0.568. The molecule has 2 aliphatic rings. The van der Waals surface area contributed by atoms with Crippen molar-refractivity contribution in [3.05, 3.63) is 54.6 Å². The zero-order valence-corrected chi connectivity index (χ0v) is 15.3. The van der Waals surface area contributed by atoms with Gasteiger partial charge in [-0.25, -0.2) is 4.98 Å². The van der Waals surface area contributed by atoms with Crippen LogP contribution in [-0.4, -0.2) is 39.6 Å². The van der Waals surface area contributed by atoms with Crippen molar-refractivity contribution in [2.24, 2.45) is 0 Å². The van der Waals surface area contributed by atoms with Crippen molar-refractivity contribution >= 4 is 17.5 Å². The number of nitrogens with zero attached hydrogens (tertiary/aromatic N) is 6. The number of anilines is 3. The Labute approximate surface area is 158 Å². The summed E-state index contributed by atoms with van der Waals surface area (Å²) >= 11 is 0. The van der Waals surface area contributed by atoms with Crippen LogP contribution in [0.3, 0.4) is 0 Å². The molecule has 6 heteroatoms. The molecular weight excluding hydrogens is 336 g/mol. The zero-order chi connectivity index (χ0) is 18.1. The van der Waals surface area contributed by atoms with Gasteiger partial charge in [-0.2, -0.15) is 4.98 Å². The van der Waals surface area contributed by atoms with Crippen molar-refractivity contribution in [2.75, 3.05) is 29.4 Å². The monoisotopic (exact) mass is 358 g/mol. The highest BCUT2D eigenvalue weighted by molar-refractivity contribution is 5.76. The Balaban J connectivity index is 1.65. The molecule has 0 radical (unpaired) electrons. The van der Waals surface area contributed by atoms with E-state index in [0.717, 1.165) is 54.8 Å². The van der Waals surface area contributed by atoms with Gasteiger partial charge in [-0.05, 0) is 49.9 Å². The lowest BCUT2D eigenvalue weighted by atomic mass is 10.1. The first-order chi connectivity index (χ1) is 13.4.